The van der Waals surface area contributed by atoms with Crippen molar-refractivity contribution in [3.63, 3.8) is 0 Å². The van der Waals surface area contributed by atoms with Crippen molar-refractivity contribution in [1.82, 2.24) is 27.0 Å². The Morgan fingerprint density at radius 2 is 0.483 bits per heavy atom. The molecule has 0 saturated carbocycles. The highest BCUT2D eigenvalue weighted by Gasteiger charge is 2.36. The fourth-order valence-electron chi connectivity index (χ4n) is 7.45. The van der Waals surface area contributed by atoms with Crippen LogP contribution in [0.25, 0.3) is 0 Å². The maximum absolute atomic E-state index is 14.2. The summed E-state index contributed by atoms with van der Waals surface area (Å²) in [5, 5.41) is 0. The average molecular weight is 901 g/mol. The van der Waals surface area contributed by atoms with Crippen LogP contribution in [0.4, 0.5) is 0 Å². The minimum atomic E-state index is -4.04. The summed E-state index contributed by atoms with van der Waals surface area (Å²) in [6.07, 6.45) is -0.498. The fourth-order valence-corrected chi connectivity index (χ4v) is 13.1. The van der Waals surface area contributed by atoms with Crippen molar-refractivity contribution >= 4 is 40.1 Å². The molecule has 2 saturated heterocycles. The van der Waals surface area contributed by atoms with Crippen molar-refractivity contribution in [1.29, 1.82) is 0 Å². The number of benzene rings is 4. The summed E-state index contributed by atoms with van der Waals surface area (Å²) >= 11 is 0. The lowest BCUT2D eigenvalue weighted by Crippen LogP contribution is -2.53. The Hall–Kier alpha value is -3.56. The smallest absolute Gasteiger partial charge is 0.243 e. The molecule has 0 bridgehead atoms. The number of nitrogens with zero attached hydrogens (tertiary/aromatic N) is 6. The van der Waals surface area contributed by atoms with Crippen molar-refractivity contribution in [2.24, 2.45) is 0 Å². The zero-order valence-electron chi connectivity index (χ0n) is 34.9. The minimum absolute atomic E-state index is 0.0503. The van der Waals surface area contributed by atoms with Gasteiger partial charge in [0.25, 0.3) is 0 Å². The highest BCUT2D eigenvalue weighted by Crippen LogP contribution is 2.24. The van der Waals surface area contributed by atoms with Gasteiger partial charge in [-0.2, -0.15) is 17.2 Å². The van der Waals surface area contributed by atoms with Crippen LogP contribution in [0, 0.1) is 27.7 Å². The maximum atomic E-state index is 14.2. The van der Waals surface area contributed by atoms with E-state index in [0.29, 0.717) is 0 Å². The first-order valence-electron chi connectivity index (χ1n) is 20.1. The lowest BCUT2D eigenvalue weighted by Gasteiger charge is -2.39. The van der Waals surface area contributed by atoms with E-state index < -0.39 is 46.3 Å². The van der Waals surface area contributed by atoms with E-state index in [9.17, 15) is 33.7 Å². The number of sulfonamides is 4. The standard InChI is InChI=1S/C42H56N6O8S4/c1-34-6-14-39(15-7-34)57(49,50)45-26-22-43(23-27-46(31-30-45)58(51,52)40-16-8-35(2)9-17-40)38(5)44-24-28-47(59(53,54)41-18-10-36(3)11-19-41)32-33-48(29-25-44)60(55,56)42-20-12-37(4)13-21-42/h6-21,38H,22-33H2,1-5H3. The van der Waals surface area contributed by atoms with E-state index >= 15 is 0 Å². The first-order chi connectivity index (χ1) is 28.3. The van der Waals surface area contributed by atoms with Crippen LogP contribution in [0.3, 0.4) is 0 Å². The molecule has 14 nitrogen and oxygen atoms in total. The number of hydrogen-bond acceptors (Lipinski definition) is 10. The molecule has 60 heavy (non-hydrogen) atoms. The molecule has 4 aromatic rings. The van der Waals surface area contributed by atoms with Gasteiger partial charge < -0.3 is 0 Å². The van der Waals surface area contributed by atoms with E-state index in [-0.39, 0.29) is 98.1 Å². The Labute approximate surface area is 357 Å². The van der Waals surface area contributed by atoms with Crippen molar-refractivity contribution in [3.05, 3.63) is 119 Å². The molecule has 0 unspecified atom stereocenters. The van der Waals surface area contributed by atoms with Gasteiger partial charge in [0.2, 0.25) is 40.1 Å². The lowest BCUT2D eigenvalue weighted by atomic mass is 10.2. The van der Waals surface area contributed by atoms with Gasteiger partial charge >= 0.3 is 0 Å². The van der Waals surface area contributed by atoms with Crippen LogP contribution in [0.1, 0.15) is 29.2 Å². The Morgan fingerprint density at radius 1 is 0.317 bits per heavy atom. The molecule has 0 N–H and O–H groups in total. The van der Waals surface area contributed by atoms with E-state index in [0.717, 1.165) is 22.3 Å². The predicted octanol–water partition coefficient (Wildman–Crippen LogP) is 3.96. The predicted molar refractivity (Wildman–Crippen MR) is 232 cm³/mol. The van der Waals surface area contributed by atoms with Crippen LogP contribution in [-0.2, 0) is 40.1 Å². The van der Waals surface area contributed by atoms with Gasteiger partial charge in [-0.25, -0.2) is 33.7 Å². The van der Waals surface area contributed by atoms with Crippen LogP contribution in [0.5, 0.6) is 0 Å². The molecule has 2 fully saturated rings. The summed E-state index contributed by atoms with van der Waals surface area (Å²) < 4.78 is 119. The van der Waals surface area contributed by atoms with E-state index in [1.165, 1.54) is 17.2 Å². The minimum Gasteiger partial charge on any atom is -0.285 e. The van der Waals surface area contributed by atoms with Gasteiger partial charge in [-0.1, -0.05) is 70.8 Å². The van der Waals surface area contributed by atoms with Crippen LogP contribution < -0.4 is 0 Å². The largest absolute Gasteiger partial charge is 0.285 e. The van der Waals surface area contributed by atoms with Gasteiger partial charge in [0.15, 0.2) is 0 Å². The average Bonchev–Trinajstić information content (AvgIpc) is 3.41. The molecule has 2 aliphatic rings. The van der Waals surface area contributed by atoms with Crippen molar-refractivity contribution in [2.45, 2.75) is 60.4 Å². The second kappa shape index (κ2) is 18.8. The molecule has 2 aliphatic heterocycles. The van der Waals surface area contributed by atoms with E-state index in [2.05, 4.69) is 0 Å². The Kier molecular flexibility index (Phi) is 14.4. The molecule has 0 aliphatic carbocycles. The van der Waals surface area contributed by atoms with Gasteiger partial charge in [-0.15, -0.1) is 0 Å². The van der Waals surface area contributed by atoms with Gasteiger partial charge in [-0.05, 0) is 83.1 Å². The normalized spacial score (nSPS) is 18.9. The van der Waals surface area contributed by atoms with Crippen LogP contribution in [-0.4, -0.2) is 145 Å². The van der Waals surface area contributed by atoms with Crippen LogP contribution >= 0.6 is 0 Å². The third-order valence-electron chi connectivity index (χ3n) is 11.4. The number of aryl methyl sites for hydroxylation is 4. The monoisotopic (exact) mass is 900 g/mol. The van der Waals surface area contributed by atoms with E-state index in [4.69, 9.17) is 0 Å². The Morgan fingerprint density at radius 3 is 0.667 bits per heavy atom. The summed E-state index contributed by atoms with van der Waals surface area (Å²) in [6, 6.07) is 26.2. The first kappa shape index (κ1) is 46.0. The lowest BCUT2D eigenvalue weighted by molar-refractivity contribution is 0.0496. The van der Waals surface area contributed by atoms with Crippen molar-refractivity contribution in [2.75, 3.05) is 78.5 Å². The highest BCUT2D eigenvalue weighted by atomic mass is 32.2. The third kappa shape index (κ3) is 10.4. The van der Waals surface area contributed by atoms with Crippen LogP contribution in [0.2, 0.25) is 0 Å². The second-order valence-electron chi connectivity index (χ2n) is 15.6. The third-order valence-corrected chi connectivity index (χ3v) is 19.1. The van der Waals surface area contributed by atoms with Gasteiger partial charge in [-0.3, -0.25) is 9.80 Å². The van der Waals surface area contributed by atoms with Crippen molar-refractivity contribution < 1.29 is 33.7 Å². The topological polar surface area (TPSA) is 156 Å². The maximum Gasteiger partial charge on any atom is 0.243 e. The molecule has 2 heterocycles. The molecule has 326 valence electrons. The van der Waals surface area contributed by atoms with E-state index in [1.807, 2.05) is 44.4 Å². The molecule has 0 radical (unpaired) electrons. The fraction of sp³-hybridized carbons (Fsp3) is 0.429. The zero-order chi connectivity index (χ0) is 43.5. The first-order valence-corrected chi connectivity index (χ1v) is 25.8. The molecule has 6 rings (SSSR count). The molecule has 0 amide bonds. The summed E-state index contributed by atoms with van der Waals surface area (Å²) in [5.41, 5.74) is 3.59. The Balaban J connectivity index is 1.34. The summed E-state index contributed by atoms with van der Waals surface area (Å²) in [4.78, 5) is 4.40. The molecule has 0 spiro atoms. The Bertz CT molecular complexity index is 2190. The summed E-state index contributed by atoms with van der Waals surface area (Å²) in [6.45, 7) is 10.1. The quantitative estimate of drug-likeness (QED) is 0.229. The molecule has 0 aromatic heterocycles. The zero-order valence-corrected chi connectivity index (χ0v) is 38.1. The molecular formula is C42H56N6O8S4. The van der Waals surface area contributed by atoms with E-state index in [1.54, 1.807) is 97.1 Å². The van der Waals surface area contributed by atoms with Crippen LogP contribution in [0.15, 0.2) is 117 Å². The van der Waals surface area contributed by atoms with Gasteiger partial charge in [0.05, 0.1) is 25.7 Å². The number of hydrogen-bond donors (Lipinski definition) is 0. The number of rotatable bonds is 10. The van der Waals surface area contributed by atoms with Gasteiger partial charge in [0, 0.05) is 78.5 Å². The molecular weight excluding hydrogens is 845 g/mol. The van der Waals surface area contributed by atoms with Crippen molar-refractivity contribution in [3.8, 4) is 0 Å². The highest BCUT2D eigenvalue weighted by molar-refractivity contribution is 7.90. The molecule has 4 aromatic carbocycles. The SMILES string of the molecule is Cc1ccc(S(=O)(=O)N2CCN(C(C)N3CCN(S(=O)(=O)c4ccc(C)cc4)CCN(S(=O)(=O)c4ccc(C)cc4)CC3)CCN(S(=O)(=O)c3ccc(C)cc3)CC2)cc1. The summed E-state index contributed by atoms with van der Waals surface area (Å²) in [7, 11) is -16.2. The second-order valence-corrected chi connectivity index (χ2v) is 23.3. The van der Waals surface area contributed by atoms with Gasteiger partial charge in [0.1, 0.15) is 0 Å². The molecule has 18 heteroatoms. The summed E-state index contributed by atoms with van der Waals surface area (Å²) in [5.74, 6) is 0. The molecule has 0 atom stereocenters.